The number of carbonyl (C=O) groups excluding carboxylic acids is 1. The molecule has 7 nitrogen and oxygen atoms in total. The van der Waals surface area contributed by atoms with Gasteiger partial charge in [0.05, 0.1) is 31.9 Å². The highest BCUT2D eigenvalue weighted by molar-refractivity contribution is 5.83. The van der Waals surface area contributed by atoms with E-state index in [1.165, 1.54) is 4.90 Å². The molecule has 0 saturated carbocycles. The van der Waals surface area contributed by atoms with Crippen LogP contribution in [-0.2, 0) is 9.53 Å². The summed E-state index contributed by atoms with van der Waals surface area (Å²) >= 11 is 0. The number of aliphatic hydroxyl groups excluding tert-OH is 1. The number of morpholine rings is 1. The van der Waals surface area contributed by atoms with E-state index in [9.17, 15) is 14.7 Å². The van der Waals surface area contributed by atoms with Gasteiger partial charge in [-0.05, 0) is 12.3 Å². The predicted molar refractivity (Wildman–Crippen MR) is 72.4 cm³/mol. The molecule has 1 rings (SSSR count). The fourth-order valence-corrected chi connectivity index (χ4v) is 2.07. The number of aliphatic carboxylic acids is 1. The molecule has 1 aliphatic heterocycles. The lowest BCUT2D eigenvalue weighted by atomic mass is 9.87. The number of carbonyl (C=O) groups is 2. The molecular formula is C13H24N2O5. The molecule has 1 aliphatic rings. The molecule has 0 spiro atoms. The fourth-order valence-electron chi connectivity index (χ4n) is 2.07. The predicted octanol–water partition coefficient (Wildman–Crippen LogP) is 0.277. The second-order valence-corrected chi connectivity index (χ2v) is 6.23. The van der Waals surface area contributed by atoms with Crippen molar-refractivity contribution in [2.45, 2.75) is 45.9 Å². The number of urea groups is 1. The Morgan fingerprint density at radius 1 is 1.45 bits per heavy atom. The summed E-state index contributed by atoms with van der Waals surface area (Å²) in [5, 5.41) is 20.9. The van der Waals surface area contributed by atoms with Gasteiger partial charge in [0.2, 0.25) is 0 Å². The maximum atomic E-state index is 12.2. The number of carboxylic acid groups (broad SMARTS) is 1. The lowest BCUT2D eigenvalue weighted by Gasteiger charge is -2.39. The van der Waals surface area contributed by atoms with Crippen molar-refractivity contribution in [3.63, 3.8) is 0 Å². The summed E-state index contributed by atoms with van der Waals surface area (Å²) in [7, 11) is 0. The maximum Gasteiger partial charge on any atom is 0.326 e. The molecular weight excluding hydrogens is 264 g/mol. The van der Waals surface area contributed by atoms with Crippen molar-refractivity contribution >= 4 is 12.0 Å². The Kier molecular flexibility index (Phi) is 5.35. The summed E-state index contributed by atoms with van der Waals surface area (Å²) in [5.74, 6) is -1.06. The largest absolute Gasteiger partial charge is 0.480 e. The number of amides is 2. The molecule has 1 saturated heterocycles. The second-order valence-electron chi connectivity index (χ2n) is 6.23. The highest BCUT2D eigenvalue weighted by atomic mass is 16.5. The fraction of sp³-hybridized carbons (Fsp3) is 0.846. The summed E-state index contributed by atoms with van der Waals surface area (Å²) in [6.45, 7) is 7.49. The van der Waals surface area contributed by atoms with Gasteiger partial charge in [-0.1, -0.05) is 20.8 Å². The second kappa shape index (κ2) is 6.41. The van der Waals surface area contributed by atoms with Crippen LogP contribution in [0.2, 0.25) is 0 Å². The minimum Gasteiger partial charge on any atom is -0.480 e. The Hall–Kier alpha value is -1.34. The Bertz CT molecular complexity index is 366. The van der Waals surface area contributed by atoms with Crippen LogP contribution in [0.5, 0.6) is 0 Å². The zero-order valence-corrected chi connectivity index (χ0v) is 12.4. The van der Waals surface area contributed by atoms with Crippen molar-refractivity contribution in [3.8, 4) is 0 Å². The number of carboxylic acids is 1. The van der Waals surface area contributed by atoms with Crippen molar-refractivity contribution in [2.24, 2.45) is 5.41 Å². The van der Waals surface area contributed by atoms with Crippen LogP contribution in [0.25, 0.3) is 0 Å². The summed E-state index contributed by atoms with van der Waals surface area (Å²) in [5.41, 5.74) is -0.590. The Morgan fingerprint density at radius 3 is 2.50 bits per heavy atom. The first-order chi connectivity index (χ1) is 9.16. The summed E-state index contributed by atoms with van der Waals surface area (Å²) in [4.78, 5) is 25.0. The van der Waals surface area contributed by atoms with Crippen molar-refractivity contribution in [3.05, 3.63) is 0 Å². The van der Waals surface area contributed by atoms with Gasteiger partial charge in [0.25, 0.3) is 0 Å². The van der Waals surface area contributed by atoms with E-state index in [1.54, 1.807) is 20.8 Å². The van der Waals surface area contributed by atoms with Crippen molar-refractivity contribution in [1.29, 1.82) is 0 Å². The van der Waals surface area contributed by atoms with E-state index in [1.807, 2.05) is 6.92 Å². The number of ether oxygens (including phenoxy) is 1. The molecule has 0 aromatic rings. The standard InChI is InChI=1S/C13H24N2O5/c1-8-7-20-9(6-16)5-15(8)12(19)14-10(11(17)18)13(2,3)4/h8-10,16H,5-7H2,1-4H3,(H,14,19)(H,17,18)/t8?,9?,10-/m1/s1. The van der Waals surface area contributed by atoms with E-state index in [4.69, 9.17) is 9.84 Å². The van der Waals surface area contributed by atoms with Gasteiger partial charge in [0.15, 0.2) is 0 Å². The number of nitrogens with zero attached hydrogens (tertiary/aromatic N) is 1. The average molecular weight is 288 g/mol. The molecule has 0 radical (unpaired) electrons. The van der Waals surface area contributed by atoms with Crippen LogP contribution in [0.1, 0.15) is 27.7 Å². The molecule has 0 aromatic carbocycles. The maximum absolute atomic E-state index is 12.2. The first-order valence-electron chi connectivity index (χ1n) is 6.69. The van der Waals surface area contributed by atoms with E-state index >= 15 is 0 Å². The van der Waals surface area contributed by atoms with Crippen LogP contribution in [0.3, 0.4) is 0 Å². The number of hydrogen-bond donors (Lipinski definition) is 3. The Labute approximate surface area is 118 Å². The summed E-state index contributed by atoms with van der Waals surface area (Å²) in [6, 6.07) is -1.58. The van der Waals surface area contributed by atoms with Gasteiger partial charge in [-0.3, -0.25) is 0 Å². The van der Waals surface area contributed by atoms with Gasteiger partial charge in [-0.15, -0.1) is 0 Å². The molecule has 0 bridgehead atoms. The first kappa shape index (κ1) is 16.7. The number of rotatable bonds is 3. The van der Waals surface area contributed by atoms with Gasteiger partial charge < -0.3 is 25.2 Å². The van der Waals surface area contributed by atoms with E-state index in [0.717, 1.165) is 0 Å². The highest BCUT2D eigenvalue weighted by Gasteiger charge is 2.36. The molecule has 1 heterocycles. The monoisotopic (exact) mass is 288 g/mol. The van der Waals surface area contributed by atoms with E-state index in [0.29, 0.717) is 6.61 Å². The zero-order valence-electron chi connectivity index (χ0n) is 12.4. The summed E-state index contributed by atoms with van der Waals surface area (Å²) in [6.07, 6.45) is -0.421. The van der Waals surface area contributed by atoms with Gasteiger partial charge >= 0.3 is 12.0 Å². The van der Waals surface area contributed by atoms with Crippen LogP contribution in [-0.4, -0.2) is 65.1 Å². The molecule has 7 heteroatoms. The Morgan fingerprint density at radius 2 is 2.05 bits per heavy atom. The third-order valence-corrected chi connectivity index (χ3v) is 3.35. The first-order valence-corrected chi connectivity index (χ1v) is 6.69. The van der Waals surface area contributed by atoms with Crippen molar-refractivity contribution in [1.82, 2.24) is 10.2 Å². The number of nitrogens with one attached hydrogen (secondary N) is 1. The normalized spacial score (nSPS) is 25.1. The minimum absolute atomic E-state index is 0.160. The highest BCUT2D eigenvalue weighted by Crippen LogP contribution is 2.20. The topological polar surface area (TPSA) is 99.1 Å². The van der Waals surface area contributed by atoms with E-state index in [2.05, 4.69) is 5.32 Å². The van der Waals surface area contributed by atoms with Gasteiger partial charge in [-0.2, -0.15) is 0 Å². The number of hydrogen-bond acceptors (Lipinski definition) is 4. The van der Waals surface area contributed by atoms with Crippen LogP contribution >= 0.6 is 0 Å². The minimum atomic E-state index is -1.06. The molecule has 1 fully saturated rings. The van der Waals surface area contributed by atoms with E-state index < -0.39 is 29.6 Å². The lowest BCUT2D eigenvalue weighted by Crippen LogP contribution is -2.59. The molecule has 2 unspecified atom stereocenters. The number of aliphatic hydroxyl groups is 1. The SMILES string of the molecule is CC1COC(CO)CN1C(=O)N[C@H](C(=O)O)C(C)(C)C. The van der Waals surface area contributed by atoms with Crippen LogP contribution in [0.15, 0.2) is 0 Å². The molecule has 116 valence electrons. The van der Waals surface area contributed by atoms with Crippen molar-refractivity contribution in [2.75, 3.05) is 19.8 Å². The van der Waals surface area contributed by atoms with Gasteiger partial charge in [0, 0.05) is 0 Å². The third kappa shape index (κ3) is 4.08. The molecule has 2 amide bonds. The molecule has 20 heavy (non-hydrogen) atoms. The van der Waals surface area contributed by atoms with E-state index in [-0.39, 0.29) is 19.2 Å². The Balaban J connectivity index is 2.75. The van der Waals surface area contributed by atoms with Crippen molar-refractivity contribution < 1.29 is 24.5 Å². The van der Waals surface area contributed by atoms with Crippen LogP contribution < -0.4 is 5.32 Å². The van der Waals surface area contributed by atoms with Gasteiger partial charge in [-0.25, -0.2) is 9.59 Å². The summed E-state index contributed by atoms with van der Waals surface area (Å²) < 4.78 is 5.35. The molecule has 3 N–H and O–H groups in total. The van der Waals surface area contributed by atoms with Crippen LogP contribution in [0, 0.1) is 5.41 Å². The average Bonchev–Trinajstić information content (AvgIpc) is 2.34. The third-order valence-electron chi connectivity index (χ3n) is 3.35. The van der Waals surface area contributed by atoms with Crippen LogP contribution in [0.4, 0.5) is 4.79 Å². The zero-order chi connectivity index (χ0) is 15.5. The quantitative estimate of drug-likeness (QED) is 0.692. The smallest absolute Gasteiger partial charge is 0.326 e. The molecule has 0 aliphatic carbocycles. The molecule has 3 atom stereocenters. The van der Waals surface area contributed by atoms with Gasteiger partial charge in [0.1, 0.15) is 6.04 Å². The lowest BCUT2D eigenvalue weighted by molar-refractivity contribution is -0.142. The molecule has 0 aromatic heterocycles.